The van der Waals surface area contributed by atoms with Crippen LogP contribution in [0.1, 0.15) is 19.8 Å². The van der Waals surface area contributed by atoms with Gasteiger partial charge in [0.15, 0.2) is 0 Å². The van der Waals surface area contributed by atoms with E-state index >= 15 is 0 Å². The second kappa shape index (κ2) is 6.70. The number of amides is 2. The van der Waals surface area contributed by atoms with Crippen molar-refractivity contribution in [3.63, 3.8) is 0 Å². The van der Waals surface area contributed by atoms with E-state index in [2.05, 4.69) is 32.7 Å². The molecule has 4 rings (SSSR count). The molecule has 0 spiro atoms. The van der Waals surface area contributed by atoms with Gasteiger partial charge >= 0.3 is 6.03 Å². The molecule has 0 radical (unpaired) electrons. The van der Waals surface area contributed by atoms with Crippen molar-refractivity contribution >= 4 is 12.0 Å². The van der Waals surface area contributed by atoms with Crippen molar-refractivity contribution in [1.29, 1.82) is 0 Å². The molecule has 2 amide bonds. The lowest BCUT2D eigenvalue weighted by Crippen LogP contribution is -2.53. The lowest BCUT2D eigenvalue weighted by Gasteiger charge is -2.35. The Morgan fingerprint density at radius 2 is 1.88 bits per heavy atom. The zero-order valence-corrected chi connectivity index (χ0v) is 14.4. The van der Waals surface area contributed by atoms with Gasteiger partial charge in [0.2, 0.25) is 5.95 Å². The number of carbonyl (C=O) groups excluding carboxylic acids is 1. The summed E-state index contributed by atoms with van der Waals surface area (Å²) in [6, 6.07) is 10.2. The SMILES string of the molecule is C[C@@H](NC(=O)N1CCN(c2nnnn2-c2ccccc2)CC1)C1CC1. The Hall–Kier alpha value is -2.64. The molecule has 2 fully saturated rings. The van der Waals surface area contributed by atoms with Crippen LogP contribution in [-0.4, -0.2) is 63.4 Å². The highest BCUT2D eigenvalue weighted by molar-refractivity contribution is 5.75. The van der Waals surface area contributed by atoms with E-state index in [0.29, 0.717) is 19.0 Å². The highest BCUT2D eigenvalue weighted by atomic mass is 16.2. The number of nitrogens with one attached hydrogen (secondary N) is 1. The summed E-state index contributed by atoms with van der Waals surface area (Å²) >= 11 is 0. The number of tetrazole rings is 1. The summed E-state index contributed by atoms with van der Waals surface area (Å²) in [7, 11) is 0. The number of carbonyl (C=O) groups is 1. The average molecular weight is 341 g/mol. The Morgan fingerprint density at radius 1 is 1.16 bits per heavy atom. The normalized spacial score (nSPS) is 18.9. The molecule has 1 atom stereocenters. The van der Waals surface area contributed by atoms with Gasteiger partial charge in [-0.2, -0.15) is 4.68 Å². The minimum absolute atomic E-state index is 0.0432. The van der Waals surface area contributed by atoms with E-state index in [4.69, 9.17) is 0 Å². The number of para-hydroxylation sites is 1. The molecule has 1 aliphatic carbocycles. The molecule has 1 aliphatic heterocycles. The zero-order chi connectivity index (χ0) is 17.2. The van der Waals surface area contributed by atoms with Gasteiger partial charge < -0.3 is 15.1 Å². The molecule has 132 valence electrons. The molecule has 1 saturated heterocycles. The first-order valence-electron chi connectivity index (χ1n) is 8.86. The molecule has 2 aromatic rings. The fraction of sp³-hybridized carbons (Fsp3) is 0.529. The minimum atomic E-state index is 0.0432. The van der Waals surface area contributed by atoms with Gasteiger partial charge in [-0.1, -0.05) is 23.3 Å². The molecule has 8 nitrogen and oxygen atoms in total. The van der Waals surface area contributed by atoms with E-state index in [1.807, 2.05) is 35.2 Å². The van der Waals surface area contributed by atoms with Crippen molar-refractivity contribution < 1.29 is 4.79 Å². The van der Waals surface area contributed by atoms with Crippen LogP contribution in [-0.2, 0) is 0 Å². The third-order valence-corrected chi connectivity index (χ3v) is 4.98. The average Bonchev–Trinajstić information content (AvgIpc) is 3.39. The Bertz CT molecular complexity index is 720. The topological polar surface area (TPSA) is 79.2 Å². The van der Waals surface area contributed by atoms with Crippen LogP contribution in [0.2, 0.25) is 0 Å². The van der Waals surface area contributed by atoms with E-state index in [-0.39, 0.29) is 12.1 Å². The van der Waals surface area contributed by atoms with Crippen molar-refractivity contribution in [2.24, 2.45) is 5.92 Å². The molecule has 1 N–H and O–H groups in total. The summed E-state index contributed by atoms with van der Waals surface area (Å²) in [6.45, 7) is 4.88. The molecule has 25 heavy (non-hydrogen) atoms. The van der Waals surface area contributed by atoms with Crippen LogP contribution in [0.5, 0.6) is 0 Å². The minimum Gasteiger partial charge on any atom is -0.336 e. The molecule has 1 aromatic heterocycles. The van der Waals surface area contributed by atoms with Crippen LogP contribution in [0.15, 0.2) is 30.3 Å². The van der Waals surface area contributed by atoms with Crippen LogP contribution >= 0.6 is 0 Å². The third kappa shape index (κ3) is 3.42. The maximum atomic E-state index is 12.4. The Labute approximate surface area is 146 Å². The Kier molecular flexibility index (Phi) is 4.25. The fourth-order valence-corrected chi connectivity index (χ4v) is 3.23. The third-order valence-electron chi connectivity index (χ3n) is 4.98. The summed E-state index contributed by atoms with van der Waals surface area (Å²) in [5.41, 5.74) is 0.931. The number of urea groups is 1. The summed E-state index contributed by atoms with van der Waals surface area (Å²) in [6.07, 6.45) is 2.47. The number of anilines is 1. The predicted molar refractivity (Wildman–Crippen MR) is 93.7 cm³/mol. The quantitative estimate of drug-likeness (QED) is 0.907. The van der Waals surface area contributed by atoms with Crippen LogP contribution in [0.25, 0.3) is 5.69 Å². The Morgan fingerprint density at radius 3 is 2.56 bits per heavy atom. The molecular formula is C17H23N7O. The van der Waals surface area contributed by atoms with Gasteiger partial charge in [-0.05, 0) is 48.2 Å². The second-order valence-electron chi connectivity index (χ2n) is 6.78. The predicted octanol–water partition coefficient (Wildman–Crippen LogP) is 1.29. The lowest BCUT2D eigenvalue weighted by molar-refractivity contribution is 0.189. The van der Waals surface area contributed by atoms with Gasteiger partial charge in [0.05, 0.1) is 5.69 Å². The molecule has 2 aliphatic rings. The van der Waals surface area contributed by atoms with Gasteiger partial charge in [-0.25, -0.2) is 4.79 Å². The number of hydrogen-bond donors (Lipinski definition) is 1. The fourth-order valence-electron chi connectivity index (χ4n) is 3.23. The molecule has 1 aromatic carbocycles. The standard InChI is InChI=1S/C17H23N7O/c1-13(14-7-8-14)18-17(25)23-11-9-22(10-12-23)16-19-20-21-24(16)15-5-3-2-4-6-15/h2-6,13-14H,7-12H2,1H3,(H,18,25)/t13-/m1/s1. The molecule has 0 unspecified atom stereocenters. The van der Waals surface area contributed by atoms with Gasteiger partial charge in [-0.3, -0.25) is 0 Å². The van der Waals surface area contributed by atoms with Crippen molar-refractivity contribution in [2.45, 2.75) is 25.8 Å². The number of nitrogens with zero attached hydrogens (tertiary/aromatic N) is 6. The van der Waals surface area contributed by atoms with Crippen molar-refractivity contribution in [3.8, 4) is 5.69 Å². The van der Waals surface area contributed by atoms with Gasteiger partial charge in [0.25, 0.3) is 0 Å². The number of aromatic nitrogens is 4. The Balaban J connectivity index is 1.38. The molecule has 0 bridgehead atoms. The molecular weight excluding hydrogens is 318 g/mol. The number of benzene rings is 1. The second-order valence-corrected chi connectivity index (χ2v) is 6.78. The van der Waals surface area contributed by atoms with E-state index in [0.717, 1.165) is 24.7 Å². The van der Waals surface area contributed by atoms with Crippen LogP contribution in [0.4, 0.5) is 10.7 Å². The first-order chi connectivity index (χ1) is 12.2. The number of piperazine rings is 1. The summed E-state index contributed by atoms with van der Waals surface area (Å²) in [4.78, 5) is 16.4. The zero-order valence-electron chi connectivity index (χ0n) is 14.4. The van der Waals surface area contributed by atoms with Gasteiger partial charge in [-0.15, -0.1) is 0 Å². The summed E-state index contributed by atoms with van der Waals surface area (Å²) in [5.74, 6) is 1.39. The number of rotatable bonds is 4. The van der Waals surface area contributed by atoms with Gasteiger partial charge in [0.1, 0.15) is 0 Å². The van der Waals surface area contributed by atoms with E-state index < -0.39 is 0 Å². The number of hydrogen-bond acceptors (Lipinski definition) is 5. The molecule has 1 saturated carbocycles. The lowest BCUT2D eigenvalue weighted by atomic mass is 10.2. The highest BCUT2D eigenvalue weighted by Crippen LogP contribution is 2.32. The summed E-state index contributed by atoms with van der Waals surface area (Å²) in [5, 5.41) is 15.2. The van der Waals surface area contributed by atoms with E-state index in [1.165, 1.54) is 12.8 Å². The van der Waals surface area contributed by atoms with Crippen LogP contribution in [0.3, 0.4) is 0 Å². The van der Waals surface area contributed by atoms with Crippen molar-refractivity contribution in [2.75, 3.05) is 31.1 Å². The maximum absolute atomic E-state index is 12.4. The van der Waals surface area contributed by atoms with Crippen molar-refractivity contribution in [3.05, 3.63) is 30.3 Å². The molecule has 2 heterocycles. The smallest absolute Gasteiger partial charge is 0.317 e. The van der Waals surface area contributed by atoms with Crippen LogP contribution < -0.4 is 10.2 Å². The van der Waals surface area contributed by atoms with Gasteiger partial charge in [0, 0.05) is 32.2 Å². The van der Waals surface area contributed by atoms with Crippen LogP contribution in [0, 0.1) is 5.92 Å². The first kappa shape index (κ1) is 15.9. The molecule has 8 heteroatoms. The first-order valence-corrected chi connectivity index (χ1v) is 8.86. The summed E-state index contributed by atoms with van der Waals surface area (Å²) < 4.78 is 1.74. The van der Waals surface area contributed by atoms with E-state index in [1.54, 1.807) is 4.68 Å². The maximum Gasteiger partial charge on any atom is 0.317 e. The van der Waals surface area contributed by atoms with Crippen molar-refractivity contribution in [1.82, 2.24) is 30.4 Å². The highest BCUT2D eigenvalue weighted by Gasteiger charge is 2.31. The van der Waals surface area contributed by atoms with E-state index in [9.17, 15) is 4.79 Å². The monoisotopic (exact) mass is 341 g/mol. The largest absolute Gasteiger partial charge is 0.336 e.